The van der Waals surface area contributed by atoms with Crippen molar-refractivity contribution in [1.29, 1.82) is 0 Å². The van der Waals surface area contributed by atoms with Gasteiger partial charge in [-0.15, -0.1) is 0 Å². The minimum atomic E-state index is -0.773. The van der Waals surface area contributed by atoms with Gasteiger partial charge in [0.05, 0.1) is 5.57 Å². The lowest BCUT2D eigenvalue weighted by molar-refractivity contribution is -0.139. The van der Waals surface area contributed by atoms with E-state index in [0.29, 0.717) is 5.57 Å². The van der Waals surface area contributed by atoms with Crippen LogP contribution in [0.4, 0.5) is 0 Å². The number of ether oxygens (including phenoxy) is 2. The Kier molecular flexibility index (Phi) is 2.63. The predicted octanol–water partition coefficient (Wildman–Crippen LogP) is 0.562. The van der Waals surface area contributed by atoms with Gasteiger partial charge in [0, 0.05) is 0 Å². The van der Waals surface area contributed by atoms with Gasteiger partial charge in [0.25, 0.3) is 0 Å². The van der Waals surface area contributed by atoms with Crippen LogP contribution in [0.1, 0.15) is 13.8 Å². The monoisotopic (exact) mass is 210 g/mol. The van der Waals surface area contributed by atoms with Crippen LogP contribution in [-0.2, 0) is 14.3 Å². The van der Waals surface area contributed by atoms with E-state index in [4.69, 9.17) is 9.47 Å². The summed E-state index contributed by atoms with van der Waals surface area (Å²) in [7, 11) is 0. The number of esters is 1. The van der Waals surface area contributed by atoms with Crippen molar-refractivity contribution in [2.24, 2.45) is 0 Å². The molecule has 1 saturated heterocycles. The van der Waals surface area contributed by atoms with Crippen LogP contribution in [0.2, 0.25) is 0 Å². The molecule has 0 aromatic rings. The number of allylic oxidation sites excluding steroid dienone is 1. The maximum absolute atomic E-state index is 11.3. The van der Waals surface area contributed by atoms with E-state index in [0.717, 1.165) is 0 Å². The molecule has 1 fully saturated rings. The minimum absolute atomic E-state index is 0.274. The molecule has 2 rings (SSSR count). The normalized spacial score (nSPS) is 40.2. The second-order valence-electron chi connectivity index (χ2n) is 3.77. The molecule has 0 aromatic carbocycles. The fourth-order valence-corrected chi connectivity index (χ4v) is 1.89. The number of aliphatic hydroxyl groups excluding tert-OH is 1. The highest BCUT2D eigenvalue weighted by Gasteiger charge is 2.43. The molecule has 4 atom stereocenters. The summed E-state index contributed by atoms with van der Waals surface area (Å²) in [5.41, 5.74) is 0.441. The van der Waals surface area contributed by atoms with E-state index in [1.54, 1.807) is 13.0 Å². The van der Waals surface area contributed by atoms with Gasteiger partial charge in [-0.3, -0.25) is 0 Å². The molecular weight excluding hydrogens is 196 g/mol. The van der Waals surface area contributed by atoms with E-state index >= 15 is 0 Å². The maximum atomic E-state index is 11.3. The first-order valence-corrected chi connectivity index (χ1v) is 5.02. The van der Waals surface area contributed by atoms with Crippen LogP contribution < -0.4 is 0 Å². The molecule has 0 amide bonds. The lowest BCUT2D eigenvalue weighted by atomic mass is 10.00. The average molecular weight is 210 g/mol. The zero-order valence-corrected chi connectivity index (χ0v) is 8.71. The first-order valence-electron chi connectivity index (χ1n) is 5.02. The van der Waals surface area contributed by atoms with Gasteiger partial charge < -0.3 is 14.6 Å². The molecule has 4 nitrogen and oxygen atoms in total. The molecule has 0 saturated carbocycles. The van der Waals surface area contributed by atoms with Crippen LogP contribution in [0.15, 0.2) is 23.8 Å². The van der Waals surface area contributed by atoms with E-state index in [2.05, 4.69) is 0 Å². The van der Waals surface area contributed by atoms with Crippen LogP contribution in [0.3, 0.4) is 0 Å². The molecule has 0 bridgehead atoms. The summed E-state index contributed by atoms with van der Waals surface area (Å²) in [6, 6.07) is 0. The van der Waals surface area contributed by atoms with E-state index < -0.39 is 6.10 Å². The zero-order chi connectivity index (χ0) is 11.0. The van der Waals surface area contributed by atoms with Crippen LogP contribution in [0, 0.1) is 0 Å². The van der Waals surface area contributed by atoms with Crippen molar-refractivity contribution < 1.29 is 19.4 Å². The first-order chi connectivity index (χ1) is 7.13. The van der Waals surface area contributed by atoms with Gasteiger partial charge in [0.2, 0.25) is 0 Å². The molecule has 0 spiro atoms. The van der Waals surface area contributed by atoms with E-state index in [-0.39, 0.29) is 24.3 Å². The number of aliphatic hydroxyl groups is 1. The first kappa shape index (κ1) is 10.4. The molecule has 2 heterocycles. The van der Waals surface area contributed by atoms with Gasteiger partial charge in [-0.2, -0.15) is 0 Å². The molecule has 4 heteroatoms. The van der Waals surface area contributed by atoms with Crippen molar-refractivity contribution in [3.63, 3.8) is 0 Å². The van der Waals surface area contributed by atoms with Crippen molar-refractivity contribution in [2.45, 2.75) is 38.3 Å². The molecule has 2 aliphatic heterocycles. The summed E-state index contributed by atoms with van der Waals surface area (Å²) < 4.78 is 10.6. The summed E-state index contributed by atoms with van der Waals surface area (Å²) in [5.74, 6) is -0.384. The van der Waals surface area contributed by atoms with Gasteiger partial charge in [0.1, 0.15) is 24.4 Å². The zero-order valence-electron chi connectivity index (χ0n) is 8.71. The predicted molar refractivity (Wildman–Crippen MR) is 53.1 cm³/mol. The van der Waals surface area contributed by atoms with Crippen LogP contribution in [0.5, 0.6) is 0 Å². The molecule has 0 aromatic heterocycles. The Morgan fingerprint density at radius 1 is 1.53 bits per heavy atom. The van der Waals surface area contributed by atoms with Crippen molar-refractivity contribution in [3.8, 4) is 0 Å². The third-order valence-corrected chi connectivity index (χ3v) is 2.63. The number of rotatable bonds is 1. The van der Waals surface area contributed by atoms with Gasteiger partial charge in [-0.05, 0) is 19.9 Å². The van der Waals surface area contributed by atoms with Crippen molar-refractivity contribution in [2.75, 3.05) is 0 Å². The molecule has 2 aliphatic rings. The Morgan fingerprint density at radius 3 is 2.93 bits per heavy atom. The highest BCUT2D eigenvalue weighted by Crippen LogP contribution is 2.30. The summed E-state index contributed by atoms with van der Waals surface area (Å²) >= 11 is 0. The van der Waals surface area contributed by atoms with Crippen LogP contribution in [0.25, 0.3) is 0 Å². The van der Waals surface area contributed by atoms with Gasteiger partial charge >= 0.3 is 5.97 Å². The molecule has 0 unspecified atom stereocenters. The quantitative estimate of drug-likeness (QED) is 0.507. The lowest BCUT2D eigenvalue weighted by Gasteiger charge is -2.28. The molecule has 0 radical (unpaired) electrons. The fourth-order valence-electron chi connectivity index (χ4n) is 1.89. The smallest absolute Gasteiger partial charge is 0.336 e. The van der Waals surface area contributed by atoms with Gasteiger partial charge in [-0.1, -0.05) is 12.2 Å². The van der Waals surface area contributed by atoms with Crippen LogP contribution >= 0.6 is 0 Å². The summed E-state index contributed by atoms with van der Waals surface area (Å²) in [4.78, 5) is 11.3. The Balaban J connectivity index is 2.26. The number of fused-ring (bicyclic) bond motifs is 1. The van der Waals surface area contributed by atoms with Crippen molar-refractivity contribution in [3.05, 3.63) is 23.8 Å². The number of carbonyl (C=O) groups is 1. The Hall–Kier alpha value is -1.13. The maximum Gasteiger partial charge on any atom is 0.336 e. The van der Waals surface area contributed by atoms with Crippen molar-refractivity contribution >= 4 is 5.97 Å². The van der Waals surface area contributed by atoms with Gasteiger partial charge in [-0.25, -0.2) is 4.79 Å². The average Bonchev–Trinajstić information content (AvgIpc) is 2.44. The number of hydrogen-bond acceptors (Lipinski definition) is 4. The van der Waals surface area contributed by atoms with E-state index in [1.165, 1.54) is 6.08 Å². The standard InChI is InChI=1S/C11H14O4/c1-3-4-9-8(12)5-7-10(15-9)6(2)14-11(7)13/h3-6,8-10,12H,1-2H3/b4-3+/t6-,8-,9-,10+/m1/s1. The Bertz CT molecular complexity index is 331. The number of carbonyl (C=O) groups excluding carboxylic acids is 1. The molecule has 0 aliphatic carbocycles. The van der Waals surface area contributed by atoms with Crippen molar-refractivity contribution in [1.82, 2.24) is 0 Å². The minimum Gasteiger partial charge on any atom is -0.456 e. The summed E-state index contributed by atoms with van der Waals surface area (Å²) in [6.07, 6.45) is 3.34. The third kappa shape index (κ3) is 1.70. The van der Waals surface area contributed by atoms with E-state index in [9.17, 15) is 9.90 Å². The lowest BCUT2D eigenvalue weighted by Crippen LogP contribution is -2.38. The Morgan fingerprint density at radius 2 is 2.27 bits per heavy atom. The molecule has 15 heavy (non-hydrogen) atoms. The molecule has 1 N–H and O–H groups in total. The number of hydrogen-bond donors (Lipinski definition) is 1. The van der Waals surface area contributed by atoms with Gasteiger partial charge in [0.15, 0.2) is 0 Å². The van der Waals surface area contributed by atoms with E-state index in [1.807, 2.05) is 13.0 Å². The molecular formula is C11H14O4. The largest absolute Gasteiger partial charge is 0.456 e. The summed E-state index contributed by atoms with van der Waals surface area (Å²) in [5, 5.41) is 9.69. The topological polar surface area (TPSA) is 55.8 Å². The Labute approximate surface area is 88.2 Å². The second kappa shape index (κ2) is 3.79. The fraction of sp³-hybridized carbons (Fsp3) is 0.545. The van der Waals surface area contributed by atoms with Crippen LogP contribution in [-0.4, -0.2) is 35.5 Å². The second-order valence-corrected chi connectivity index (χ2v) is 3.77. The summed E-state index contributed by atoms with van der Waals surface area (Å²) in [6.45, 7) is 3.64. The highest BCUT2D eigenvalue weighted by molar-refractivity contribution is 5.92. The third-order valence-electron chi connectivity index (χ3n) is 2.63. The highest BCUT2D eigenvalue weighted by atomic mass is 16.6. The number of cyclic esters (lactones) is 1. The SMILES string of the molecule is C/C=C/[C@H]1O[C@@H]2C(=C[C@H]1O)C(=O)O[C@@H]2C. The molecule has 82 valence electrons.